The summed E-state index contributed by atoms with van der Waals surface area (Å²) in [4.78, 5) is 2.55. The van der Waals surface area contributed by atoms with E-state index in [2.05, 4.69) is 24.4 Å². The topological polar surface area (TPSA) is 46.2 Å². The minimum atomic E-state index is -3.14. The molecule has 2 rings (SSSR count). The summed E-state index contributed by atoms with van der Waals surface area (Å²) in [5, 5.41) is 3.24. The maximum Gasteiger partial charge on any atom is 0.175 e. The Hall–Kier alpha value is -1.30. The number of hydrogen-bond donors (Lipinski definition) is 1. The second-order valence-corrected chi connectivity index (χ2v) is 8.02. The van der Waals surface area contributed by atoms with E-state index in [4.69, 9.17) is 0 Å². The molecule has 0 saturated carbocycles. The molecule has 0 radical (unpaired) electrons. The Labute approximate surface area is 130 Å². The van der Waals surface area contributed by atoms with Crippen LogP contribution >= 0.6 is 11.8 Å². The minimum Gasteiger partial charge on any atom is -0.313 e. The van der Waals surface area contributed by atoms with Gasteiger partial charge in [0.1, 0.15) is 0 Å². The molecule has 0 amide bonds. The Morgan fingerprint density at radius 1 is 1.05 bits per heavy atom. The van der Waals surface area contributed by atoms with E-state index < -0.39 is 9.84 Å². The molecule has 1 unspecified atom stereocenters. The van der Waals surface area contributed by atoms with Crippen molar-refractivity contribution in [2.24, 2.45) is 0 Å². The van der Waals surface area contributed by atoms with Gasteiger partial charge in [-0.25, -0.2) is 8.42 Å². The zero-order valence-electron chi connectivity index (χ0n) is 12.3. The molecule has 1 atom stereocenters. The van der Waals surface area contributed by atoms with Gasteiger partial charge in [0.15, 0.2) is 9.84 Å². The average Bonchev–Trinajstić information content (AvgIpc) is 2.46. The predicted molar refractivity (Wildman–Crippen MR) is 87.6 cm³/mol. The molecule has 3 nitrogen and oxygen atoms in total. The smallest absolute Gasteiger partial charge is 0.175 e. The maximum absolute atomic E-state index is 11.5. The van der Waals surface area contributed by atoms with Crippen molar-refractivity contribution in [2.75, 3.05) is 13.3 Å². The Morgan fingerprint density at radius 2 is 1.67 bits per heavy atom. The van der Waals surface area contributed by atoms with Gasteiger partial charge in [-0.2, -0.15) is 0 Å². The van der Waals surface area contributed by atoms with Gasteiger partial charge in [0.2, 0.25) is 0 Å². The van der Waals surface area contributed by atoms with Crippen LogP contribution in [0.5, 0.6) is 0 Å². The van der Waals surface area contributed by atoms with Crippen LogP contribution in [0.25, 0.3) is 0 Å². The van der Waals surface area contributed by atoms with Crippen molar-refractivity contribution < 1.29 is 8.42 Å². The first kappa shape index (κ1) is 16.1. The third-order valence-electron chi connectivity index (χ3n) is 3.30. The quantitative estimate of drug-likeness (QED) is 0.915. The van der Waals surface area contributed by atoms with Gasteiger partial charge in [0, 0.05) is 22.1 Å². The molecule has 1 N–H and O–H groups in total. The third-order valence-corrected chi connectivity index (χ3v) is 5.53. The summed E-state index contributed by atoms with van der Waals surface area (Å²) in [6.45, 7) is 2.12. The zero-order valence-corrected chi connectivity index (χ0v) is 14.0. The first-order chi connectivity index (χ1) is 9.91. The van der Waals surface area contributed by atoms with Crippen LogP contribution in [0.15, 0.2) is 63.2 Å². The van der Waals surface area contributed by atoms with E-state index in [9.17, 15) is 8.42 Å². The van der Waals surface area contributed by atoms with Gasteiger partial charge in [-0.3, -0.25) is 0 Å². The molecule has 2 aromatic carbocycles. The first-order valence-electron chi connectivity index (χ1n) is 6.66. The summed E-state index contributed by atoms with van der Waals surface area (Å²) in [7, 11) is -1.20. The average molecular weight is 321 g/mol. The molecule has 0 aliphatic carbocycles. The van der Waals surface area contributed by atoms with Gasteiger partial charge in [-0.15, -0.1) is 0 Å². The number of nitrogens with one attached hydrogen (secondary N) is 1. The molecular formula is C16H19NO2S2. The molecule has 21 heavy (non-hydrogen) atoms. The fourth-order valence-electron chi connectivity index (χ4n) is 1.97. The molecule has 0 bridgehead atoms. The number of sulfone groups is 1. The summed E-state index contributed by atoms with van der Waals surface area (Å²) in [6.07, 6.45) is 1.22. The maximum atomic E-state index is 11.5. The summed E-state index contributed by atoms with van der Waals surface area (Å²) in [5.74, 6) is 0. The highest BCUT2D eigenvalue weighted by Crippen LogP contribution is 2.33. The van der Waals surface area contributed by atoms with Crippen molar-refractivity contribution in [3.05, 3.63) is 54.1 Å². The predicted octanol–water partition coefficient (Wildman–Crippen LogP) is 3.52. The number of benzene rings is 2. The van der Waals surface area contributed by atoms with Crippen molar-refractivity contribution in [3.63, 3.8) is 0 Å². The number of hydrogen-bond acceptors (Lipinski definition) is 4. The minimum absolute atomic E-state index is 0.268. The van der Waals surface area contributed by atoms with Crippen molar-refractivity contribution in [3.8, 4) is 0 Å². The molecule has 2 aromatic rings. The van der Waals surface area contributed by atoms with Gasteiger partial charge in [0.05, 0.1) is 4.90 Å². The first-order valence-corrected chi connectivity index (χ1v) is 9.37. The van der Waals surface area contributed by atoms with Crippen LogP contribution in [0.4, 0.5) is 0 Å². The van der Waals surface area contributed by atoms with E-state index in [0.717, 1.165) is 4.90 Å². The molecule has 0 fully saturated rings. The van der Waals surface area contributed by atoms with E-state index in [0.29, 0.717) is 4.90 Å². The lowest BCUT2D eigenvalue weighted by Crippen LogP contribution is -2.12. The van der Waals surface area contributed by atoms with Crippen molar-refractivity contribution in [1.29, 1.82) is 0 Å². The normalized spacial score (nSPS) is 13.1. The Kier molecular flexibility index (Phi) is 5.08. The lowest BCUT2D eigenvalue weighted by atomic mass is 10.1. The second kappa shape index (κ2) is 6.64. The third kappa shape index (κ3) is 4.09. The molecule has 0 aromatic heterocycles. The molecule has 112 valence electrons. The molecule has 0 heterocycles. The van der Waals surface area contributed by atoms with E-state index in [1.165, 1.54) is 16.7 Å². The largest absolute Gasteiger partial charge is 0.313 e. The lowest BCUT2D eigenvalue weighted by Gasteiger charge is -2.15. The lowest BCUT2D eigenvalue weighted by molar-refractivity contribution is 0.602. The molecule has 0 saturated heterocycles. The van der Waals surface area contributed by atoms with Crippen LogP contribution in [-0.4, -0.2) is 21.7 Å². The van der Waals surface area contributed by atoms with Gasteiger partial charge < -0.3 is 5.32 Å². The van der Waals surface area contributed by atoms with Crippen LogP contribution < -0.4 is 5.32 Å². The summed E-state index contributed by atoms with van der Waals surface area (Å²) < 4.78 is 22.9. The highest BCUT2D eigenvalue weighted by atomic mass is 32.2. The highest BCUT2D eigenvalue weighted by Gasteiger charge is 2.10. The zero-order chi connectivity index (χ0) is 15.5. The Balaban J connectivity index is 2.27. The van der Waals surface area contributed by atoms with Crippen LogP contribution in [-0.2, 0) is 9.84 Å². The summed E-state index contributed by atoms with van der Waals surface area (Å²) in [6, 6.07) is 15.5. The van der Waals surface area contributed by atoms with Crippen molar-refractivity contribution in [2.45, 2.75) is 27.7 Å². The summed E-state index contributed by atoms with van der Waals surface area (Å²) >= 11 is 1.64. The standard InChI is InChI=1S/C16H19NO2S2/c1-12(17-2)15-6-4-5-7-16(15)20-13-8-10-14(11-9-13)21(3,18)19/h4-12,17H,1-3H3. The van der Waals surface area contributed by atoms with Gasteiger partial charge in [-0.05, 0) is 49.9 Å². The van der Waals surface area contributed by atoms with Crippen molar-refractivity contribution >= 4 is 21.6 Å². The van der Waals surface area contributed by atoms with Crippen LogP contribution in [0.2, 0.25) is 0 Å². The fourth-order valence-corrected chi connectivity index (χ4v) is 3.63. The Bertz CT molecular complexity index is 709. The molecule has 5 heteroatoms. The second-order valence-electron chi connectivity index (χ2n) is 4.89. The number of rotatable bonds is 5. The van der Waals surface area contributed by atoms with Gasteiger partial charge >= 0.3 is 0 Å². The molecule has 0 aliphatic rings. The van der Waals surface area contributed by atoms with Crippen LogP contribution in [0.1, 0.15) is 18.5 Å². The monoisotopic (exact) mass is 321 g/mol. The van der Waals surface area contributed by atoms with Crippen molar-refractivity contribution in [1.82, 2.24) is 5.32 Å². The van der Waals surface area contributed by atoms with Crippen LogP contribution in [0, 0.1) is 0 Å². The molecule has 0 aliphatic heterocycles. The Morgan fingerprint density at radius 3 is 2.24 bits per heavy atom. The van der Waals surface area contributed by atoms with E-state index in [1.807, 2.05) is 31.3 Å². The highest BCUT2D eigenvalue weighted by molar-refractivity contribution is 7.99. The van der Waals surface area contributed by atoms with E-state index >= 15 is 0 Å². The molecule has 0 spiro atoms. The van der Waals surface area contributed by atoms with Gasteiger partial charge in [0.25, 0.3) is 0 Å². The molecular weight excluding hydrogens is 302 g/mol. The summed E-state index contributed by atoms with van der Waals surface area (Å²) in [5.41, 5.74) is 1.23. The van der Waals surface area contributed by atoms with E-state index in [-0.39, 0.29) is 6.04 Å². The van der Waals surface area contributed by atoms with Gasteiger partial charge in [-0.1, -0.05) is 30.0 Å². The van der Waals surface area contributed by atoms with E-state index in [1.54, 1.807) is 23.9 Å². The SMILES string of the molecule is CNC(C)c1ccccc1Sc1ccc(S(C)(=O)=O)cc1. The van der Waals surface area contributed by atoms with Crippen LogP contribution in [0.3, 0.4) is 0 Å². The fraction of sp³-hybridized carbons (Fsp3) is 0.250.